The van der Waals surface area contributed by atoms with Crippen LogP contribution >= 0.6 is 0 Å². The van der Waals surface area contributed by atoms with E-state index in [9.17, 15) is 9.59 Å². The number of amides is 1. The summed E-state index contributed by atoms with van der Waals surface area (Å²) in [7, 11) is 0. The van der Waals surface area contributed by atoms with E-state index in [-0.39, 0.29) is 11.3 Å². The second-order valence-corrected chi connectivity index (χ2v) is 4.59. The van der Waals surface area contributed by atoms with Crippen molar-refractivity contribution in [1.82, 2.24) is 5.32 Å². The van der Waals surface area contributed by atoms with E-state index in [1.54, 1.807) is 0 Å². The number of ketones is 1. The van der Waals surface area contributed by atoms with Gasteiger partial charge in [0.15, 0.2) is 0 Å². The Balaban J connectivity index is -0.000000506. The minimum absolute atomic E-state index is 0.0759. The fourth-order valence-corrected chi connectivity index (χ4v) is 1.16. The van der Waals surface area contributed by atoms with Gasteiger partial charge < -0.3 is 15.8 Å². The van der Waals surface area contributed by atoms with Crippen LogP contribution in [0.25, 0.3) is 0 Å². The number of nitrogens with one attached hydrogen (secondary N) is 1. The maximum Gasteiger partial charge on any atom is 0.234 e. The van der Waals surface area contributed by atoms with Gasteiger partial charge in [0.2, 0.25) is 5.91 Å². The van der Waals surface area contributed by atoms with E-state index in [0.29, 0.717) is 12.8 Å². The van der Waals surface area contributed by atoms with Crippen LogP contribution in [-0.2, 0) is 9.59 Å². The number of Topliss-reactive ketones (excluding diaryl/α,β-unsaturated/α-hetero) is 1. The molecule has 3 N–H and O–H groups in total. The molecule has 0 rings (SSSR count). The third kappa shape index (κ3) is 17.5. The molecule has 0 aliphatic heterocycles. The molecule has 4 heteroatoms. The molecule has 1 amide bonds. The van der Waals surface area contributed by atoms with E-state index in [0.717, 1.165) is 0 Å². The first-order valence-electron chi connectivity index (χ1n) is 6.79. The molecule has 18 heavy (non-hydrogen) atoms. The van der Waals surface area contributed by atoms with Gasteiger partial charge in [0, 0.05) is 12.0 Å². The van der Waals surface area contributed by atoms with Crippen LogP contribution < -0.4 is 11.1 Å². The van der Waals surface area contributed by atoms with Crippen LogP contribution in [0.2, 0.25) is 0 Å². The normalized spacial score (nSPS) is 11.3. The first kappa shape index (κ1) is 22.3. The van der Waals surface area contributed by atoms with Crippen LogP contribution in [0.5, 0.6) is 0 Å². The van der Waals surface area contributed by atoms with Gasteiger partial charge in [-0.25, -0.2) is 0 Å². The van der Waals surface area contributed by atoms with Gasteiger partial charge in [-0.15, -0.1) is 0 Å². The van der Waals surface area contributed by atoms with E-state index in [1.165, 1.54) is 6.92 Å². The number of hydrogen-bond donors (Lipinski definition) is 2. The summed E-state index contributed by atoms with van der Waals surface area (Å²) in [6, 6.07) is -0.418. The molecular formula is C14H32N2O2. The maximum absolute atomic E-state index is 11.0. The Morgan fingerprint density at radius 2 is 1.50 bits per heavy atom. The third-order valence-corrected chi connectivity index (χ3v) is 1.74. The number of nitrogens with two attached hydrogens (primary N) is 1. The summed E-state index contributed by atoms with van der Waals surface area (Å²) in [4.78, 5) is 21.8. The van der Waals surface area contributed by atoms with E-state index in [2.05, 4.69) is 5.32 Å². The zero-order chi connectivity index (χ0) is 15.4. The Kier molecular flexibility index (Phi) is 15.5. The molecule has 4 nitrogen and oxygen atoms in total. The van der Waals surface area contributed by atoms with Crippen molar-refractivity contribution in [2.75, 3.05) is 0 Å². The predicted molar refractivity (Wildman–Crippen MR) is 78.5 cm³/mol. The lowest BCUT2D eigenvalue weighted by Crippen LogP contribution is -2.50. The molecule has 110 valence electrons. The minimum atomic E-state index is -0.418. The molecule has 1 unspecified atom stereocenters. The highest BCUT2D eigenvalue weighted by Crippen LogP contribution is 2.05. The van der Waals surface area contributed by atoms with Gasteiger partial charge in [0.05, 0.1) is 6.04 Å². The molecule has 0 radical (unpaired) electrons. The number of primary amides is 1. The van der Waals surface area contributed by atoms with Crippen molar-refractivity contribution in [3.05, 3.63) is 0 Å². The highest BCUT2D eigenvalue weighted by Gasteiger charge is 2.21. The fourth-order valence-electron chi connectivity index (χ4n) is 1.16. The summed E-state index contributed by atoms with van der Waals surface area (Å²) in [5.41, 5.74) is 5.05. The smallest absolute Gasteiger partial charge is 0.234 e. The number of carbonyl (C=O) groups excluding carboxylic acids is 2. The zero-order valence-corrected chi connectivity index (χ0v) is 13.4. The molecule has 0 aromatic rings. The van der Waals surface area contributed by atoms with Crippen LogP contribution in [0.1, 0.15) is 68.2 Å². The molecule has 0 fully saturated rings. The lowest BCUT2D eigenvalue weighted by Gasteiger charge is -2.26. The second kappa shape index (κ2) is 12.6. The Bertz CT molecular complexity index is 220. The fraction of sp³-hybridized carbons (Fsp3) is 0.857. The van der Waals surface area contributed by atoms with Gasteiger partial charge in [-0.05, 0) is 34.1 Å². The molecule has 1 atom stereocenters. The van der Waals surface area contributed by atoms with Gasteiger partial charge in [-0.1, -0.05) is 27.7 Å². The number of carbonyl (C=O) groups is 2. The summed E-state index contributed by atoms with van der Waals surface area (Å²) in [5, 5.41) is 3.08. The molecule has 0 aromatic carbocycles. The quantitative estimate of drug-likeness (QED) is 0.798. The van der Waals surface area contributed by atoms with Crippen LogP contribution in [0.15, 0.2) is 0 Å². The molecule has 0 heterocycles. The summed E-state index contributed by atoms with van der Waals surface area (Å²) in [6.45, 7) is 15.4. The van der Waals surface area contributed by atoms with Crippen LogP contribution in [-0.4, -0.2) is 23.3 Å². The average Bonchev–Trinajstić information content (AvgIpc) is 2.28. The lowest BCUT2D eigenvalue weighted by molar-refractivity contribution is -0.121. The Hall–Kier alpha value is -0.900. The van der Waals surface area contributed by atoms with E-state index in [4.69, 9.17) is 5.73 Å². The SMILES string of the molecule is CC.CC.CC(=O)CCC(NC(C)(C)C)C(N)=O. The van der Waals surface area contributed by atoms with Crippen molar-refractivity contribution in [3.8, 4) is 0 Å². The predicted octanol–water partition coefficient (Wildman–Crippen LogP) is 2.65. The van der Waals surface area contributed by atoms with Gasteiger partial charge in [0.1, 0.15) is 5.78 Å². The first-order chi connectivity index (χ1) is 8.22. The zero-order valence-electron chi connectivity index (χ0n) is 13.4. The topological polar surface area (TPSA) is 72.2 Å². The van der Waals surface area contributed by atoms with Gasteiger partial charge in [-0.3, -0.25) is 4.79 Å². The van der Waals surface area contributed by atoms with Gasteiger partial charge in [-0.2, -0.15) is 0 Å². The van der Waals surface area contributed by atoms with Crippen LogP contribution in [0.3, 0.4) is 0 Å². The lowest BCUT2D eigenvalue weighted by atomic mass is 10.0. The van der Waals surface area contributed by atoms with Gasteiger partial charge in [0.25, 0.3) is 0 Å². The molecule has 0 bridgehead atoms. The summed E-state index contributed by atoms with van der Waals surface area (Å²) in [6.07, 6.45) is 0.860. The van der Waals surface area contributed by atoms with Crippen LogP contribution in [0.4, 0.5) is 0 Å². The minimum Gasteiger partial charge on any atom is -0.368 e. The first-order valence-corrected chi connectivity index (χ1v) is 6.79. The van der Waals surface area contributed by atoms with Crippen molar-refractivity contribution >= 4 is 11.7 Å². The molecule has 0 saturated carbocycles. The van der Waals surface area contributed by atoms with E-state index >= 15 is 0 Å². The summed E-state index contributed by atoms with van der Waals surface area (Å²) >= 11 is 0. The molecule has 0 aliphatic carbocycles. The van der Waals surface area contributed by atoms with E-state index < -0.39 is 11.9 Å². The Labute approximate surface area is 113 Å². The monoisotopic (exact) mass is 260 g/mol. The van der Waals surface area contributed by atoms with Gasteiger partial charge >= 0.3 is 0 Å². The largest absolute Gasteiger partial charge is 0.368 e. The number of rotatable bonds is 5. The second-order valence-electron chi connectivity index (χ2n) is 4.59. The highest BCUT2D eigenvalue weighted by atomic mass is 16.1. The average molecular weight is 260 g/mol. The molecule has 0 aliphatic rings. The molecular weight excluding hydrogens is 228 g/mol. The summed E-state index contributed by atoms with van der Waals surface area (Å²) in [5.74, 6) is -0.326. The van der Waals surface area contributed by atoms with E-state index in [1.807, 2.05) is 48.5 Å². The summed E-state index contributed by atoms with van der Waals surface area (Å²) < 4.78 is 0. The van der Waals surface area contributed by atoms with Crippen molar-refractivity contribution < 1.29 is 9.59 Å². The van der Waals surface area contributed by atoms with Crippen molar-refractivity contribution in [1.29, 1.82) is 0 Å². The van der Waals surface area contributed by atoms with Crippen LogP contribution in [0, 0.1) is 0 Å². The molecule has 0 saturated heterocycles. The van der Waals surface area contributed by atoms with Crippen molar-refractivity contribution in [2.24, 2.45) is 5.73 Å². The Morgan fingerprint density at radius 3 is 1.72 bits per heavy atom. The Morgan fingerprint density at radius 1 is 1.11 bits per heavy atom. The molecule has 0 aromatic heterocycles. The third-order valence-electron chi connectivity index (χ3n) is 1.74. The highest BCUT2D eigenvalue weighted by molar-refractivity contribution is 5.81. The number of hydrogen-bond acceptors (Lipinski definition) is 3. The van der Waals surface area contributed by atoms with Crippen molar-refractivity contribution in [2.45, 2.75) is 79.8 Å². The molecule has 0 spiro atoms. The van der Waals surface area contributed by atoms with Crippen molar-refractivity contribution in [3.63, 3.8) is 0 Å². The standard InChI is InChI=1S/C10H20N2O2.2C2H6/c1-7(13)5-6-8(9(11)14)12-10(2,3)4;2*1-2/h8,12H,5-6H2,1-4H3,(H2,11,14);2*1-2H3. The maximum atomic E-state index is 11.0.